The van der Waals surface area contributed by atoms with E-state index in [1.807, 2.05) is 20.8 Å². The first-order chi connectivity index (χ1) is 7.79. The number of hydrogen-bond donors (Lipinski definition) is 1. The molecule has 0 fully saturated rings. The van der Waals surface area contributed by atoms with E-state index in [0.29, 0.717) is 0 Å². The maximum Gasteiger partial charge on any atom is 0.162 e. The Labute approximate surface area is 104 Å². The van der Waals surface area contributed by atoms with Crippen molar-refractivity contribution in [3.05, 3.63) is 41.6 Å². The standard InChI is InChI=1S/C15H21NO/c1-11-8-12(2)10-13(9-11)16-7-6-14(17)15(3,4)5/h6-10,16H,1-5H3/b7-6+. The number of anilines is 1. The van der Waals surface area contributed by atoms with Crippen molar-refractivity contribution in [1.82, 2.24) is 0 Å². The van der Waals surface area contributed by atoms with Crippen molar-refractivity contribution in [2.45, 2.75) is 34.6 Å². The maximum absolute atomic E-state index is 11.7. The van der Waals surface area contributed by atoms with Crippen LogP contribution in [0.25, 0.3) is 0 Å². The number of nitrogens with one attached hydrogen (secondary N) is 1. The van der Waals surface area contributed by atoms with E-state index in [1.165, 1.54) is 11.1 Å². The molecule has 0 aliphatic rings. The van der Waals surface area contributed by atoms with Crippen molar-refractivity contribution in [2.24, 2.45) is 5.41 Å². The van der Waals surface area contributed by atoms with Crippen molar-refractivity contribution in [3.63, 3.8) is 0 Å². The third-order valence-corrected chi connectivity index (χ3v) is 2.45. The van der Waals surface area contributed by atoms with E-state index in [9.17, 15) is 4.79 Å². The third kappa shape index (κ3) is 4.43. The predicted octanol–water partition coefficient (Wildman–Crippen LogP) is 3.84. The van der Waals surface area contributed by atoms with E-state index in [-0.39, 0.29) is 11.2 Å². The molecule has 2 nitrogen and oxygen atoms in total. The minimum absolute atomic E-state index is 0.120. The van der Waals surface area contributed by atoms with Crippen LogP contribution in [0.5, 0.6) is 0 Å². The van der Waals surface area contributed by atoms with Gasteiger partial charge in [-0.2, -0.15) is 0 Å². The average molecular weight is 231 g/mol. The molecule has 1 aromatic rings. The molecule has 0 saturated heterocycles. The van der Waals surface area contributed by atoms with Gasteiger partial charge in [0.05, 0.1) is 0 Å². The molecule has 2 heteroatoms. The summed E-state index contributed by atoms with van der Waals surface area (Å²) in [6.07, 6.45) is 3.31. The molecule has 17 heavy (non-hydrogen) atoms. The van der Waals surface area contributed by atoms with E-state index in [2.05, 4.69) is 37.4 Å². The fraction of sp³-hybridized carbons (Fsp3) is 0.400. The molecule has 0 spiro atoms. The van der Waals surface area contributed by atoms with Gasteiger partial charge in [-0.05, 0) is 43.2 Å². The monoisotopic (exact) mass is 231 g/mol. The summed E-state index contributed by atoms with van der Waals surface area (Å²) in [5, 5.41) is 3.13. The lowest BCUT2D eigenvalue weighted by atomic mass is 9.91. The van der Waals surface area contributed by atoms with Crippen LogP contribution in [0.3, 0.4) is 0 Å². The minimum Gasteiger partial charge on any atom is -0.362 e. The number of allylic oxidation sites excluding steroid dienone is 1. The lowest BCUT2D eigenvalue weighted by molar-refractivity contribution is -0.121. The molecule has 92 valence electrons. The van der Waals surface area contributed by atoms with Crippen molar-refractivity contribution >= 4 is 11.5 Å². The first-order valence-electron chi connectivity index (χ1n) is 5.85. The Kier molecular flexibility index (Phi) is 4.11. The van der Waals surface area contributed by atoms with E-state index in [4.69, 9.17) is 0 Å². The van der Waals surface area contributed by atoms with E-state index in [0.717, 1.165) is 5.69 Å². The van der Waals surface area contributed by atoms with Crippen LogP contribution in [0.4, 0.5) is 5.69 Å². The van der Waals surface area contributed by atoms with E-state index in [1.54, 1.807) is 12.3 Å². The number of ketones is 1. The van der Waals surface area contributed by atoms with Gasteiger partial charge in [0.2, 0.25) is 0 Å². The van der Waals surface area contributed by atoms with E-state index >= 15 is 0 Å². The molecule has 0 bridgehead atoms. The second kappa shape index (κ2) is 5.17. The molecule has 0 aliphatic carbocycles. The minimum atomic E-state index is -0.319. The largest absolute Gasteiger partial charge is 0.362 e. The van der Waals surface area contributed by atoms with Gasteiger partial charge >= 0.3 is 0 Å². The fourth-order valence-corrected chi connectivity index (χ4v) is 1.52. The van der Waals surface area contributed by atoms with Gasteiger partial charge in [0.15, 0.2) is 5.78 Å². The summed E-state index contributed by atoms with van der Waals surface area (Å²) >= 11 is 0. The number of carbonyl (C=O) groups excluding carboxylic acids is 1. The van der Waals surface area contributed by atoms with E-state index < -0.39 is 0 Å². The predicted molar refractivity (Wildman–Crippen MR) is 73.1 cm³/mol. The number of aryl methyl sites for hydroxylation is 2. The number of hydrogen-bond acceptors (Lipinski definition) is 2. The van der Waals surface area contributed by atoms with Crippen LogP contribution >= 0.6 is 0 Å². The Morgan fingerprint density at radius 1 is 1.12 bits per heavy atom. The fourth-order valence-electron chi connectivity index (χ4n) is 1.52. The van der Waals surface area contributed by atoms with Gasteiger partial charge in [0, 0.05) is 17.3 Å². The molecular weight excluding hydrogens is 210 g/mol. The van der Waals surface area contributed by atoms with Gasteiger partial charge in [-0.3, -0.25) is 4.79 Å². The molecule has 0 heterocycles. The third-order valence-electron chi connectivity index (χ3n) is 2.45. The summed E-state index contributed by atoms with van der Waals surface area (Å²) in [6.45, 7) is 9.86. The van der Waals surface area contributed by atoms with Gasteiger partial charge in [0.1, 0.15) is 0 Å². The zero-order valence-electron chi connectivity index (χ0n) is 11.3. The number of benzene rings is 1. The maximum atomic E-state index is 11.7. The molecule has 0 atom stereocenters. The SMILES string of the molecule is Cc1cc(C)cc(N/C=C/C(=O)C(C)(C)C)c1. The molecule has 1 rings (SSSR count). The molecule has 0 amide bonds. The van der Waals surface area contributed by atoms with Crippen LogP contribution in [0.15, 0.2) is 30.5 Å². The average Bonchev–Trinajstić information content (AvgIpc) is 2.14. The Morgan fingerprint density at radius 2 is 1.65 bits per heavy atom. The van der Waals surface area contributed by atoms with Crippen LogP contribution < -0.4 is 5.32 Å². The van der Waals surface area contributed by atoms with Gasteiger partial charge in [-0.25, -0.2) is 0 Å². The van der Waals surface area contributed by atoms with Gasteiger partial charge in [0.25, 0.3) is 0 Å². The molecule has 0 aromatic heterocycles. The summed E-state index contributed by atoms with van der Waals surface area (Å²) in [6, 6.07) is 6.23. The van der Waals surface area contributed by atoms with Crippen molar-refractivity contribution in [1.29, 1.82) is 0 Å². The number of rotatable bonds is 3. The second-order valence-corrected chi connectivity index (χ2v) is 5.47. The summed E-state index contributed by atoms with van der Waals surface area (Å²) in [5.41, 5.74) is 3.12. The van der Waals surface area contributed by atoms with Crippen LogP contribution in [-0.2, 0) is 4.79 Å². The normalized spacial score (nSPS) is 11.8. The summed E-state index contributed by atoms with van der Waals surface area (Å²) in [7, 11) is 0. The second-order valence-electron chi connectivity index (χ2n) is 5.47. The lowest BCUT2D eigenvalue weighted by Gasteiger charge is -2.13. The molecular formula is C15H21NO. The highest BCUT2D eigenvalue weighted by atomic mass is 16.1. The van der Waals surface area contributed by atoms with Gasteiger partial charge in [-0.15, -0.1) is 0 Å². The highest BCUT2D eigenvalue weighted by molar-refractivity contribution is 5.94. The summed E-state index contributed by atoms with van der Waals surface area (Å²) in [5.74, 6) is 0.120. The Bertz CT molecular complexity index is 418. The molecule has 0 saturated carbocycles. The van der Waals surface area contributed by atoms with Crippen LogP contribution in [0, 0.1) is 19.3 Å². The zero-order valence-corrected chi connectivity index (χ0v) is 11.3. The molecule has 1 aromatic carbocycles. The quantitative estimate of drug-likeness (QED) is 0.801. The van der Waals surface area contributed by atoms with Gasteiger partial charge in [-0.1, -0.05) is 26.8 Å². The van der Waals surface area contributed by atoms with Crippen LogP contribution in [0.1, 0.15) is 31.9 Å². The Balaban J connectivity index is 2.68. The zero-order chi connectivity index (χ0) is 13.1. The Morgan fingerprint density at radius 3 is 2.12 bits per heavy atom. The topological polar surface area (TPSA) is 29.1 Å². The lowest BCUT2D eigenvalue weighted by Crippen LogP contribution is -2.17. The first kappa shape index (κ1) is 13.5. The van der Waals surface area contributed by atoms with Crippen molar-refractivity contribution in [3.8, 4) is 0 Å². The number of carbonyl (C=O) groups is 1. The highest BCUT2D eigenvalue weighted by Gasteiger charge is 2.17. The smallest absolute Gasteiger partial charge is 0.162 e. The van der Waals surface area contributed by atoms with Gasteiger partial charge < -0.3 is 5.32 Å². The molecule has 0 aliphatic heterocycles. The summed E-state index contributed by atoms with van der Waals surface area (Å²) < 4.78 is 0. The van der Waals surface area contributed by atoms with Crippen molar-refractivity contribution < 1.29 is 4.79 Å². The summed E-state index contributed by atoms with van der Waals surface area (Å²) in [4.78, 5) is 11.7. The highest BCUT2D eigenvalue weighted by Crippen LogP contribution is 2.16. The van der Waals surface area contributed by atoms with Crippen molar-refractivity contribution in [2.75, 3.05) is 5.32 Å². The van der Waals surface area contributed by atoms with Crippen LogP contribution in [0.2, 0.25) is 0 Å². The molecule has 0 unspecified atom stereocenters. The first-order valence-corrected chi connectivity index (χ1v) is 5.85. The molecule has 1 N–H and O–H groups in total. The molecule has 0 radical (unpaired) electrons. The Hall–Kier alpha value is -1.57. The van der Waals surface area contributed by atoms with Crippen LogP contribution in [-0.4, -0.2) is 5.78 Å².